The molecule has 1 aliphatic carbocycles. The highest BCUT2D eigenvalue weighted by atomic mass is 32.2. The fourth-order valence-electron chi connectivity index (χ4n) is 3.01. The van der Waals surface area contributed by atoms with Crippen LogP contribution >= 0.6 is 11.8 Å². The molecule has 0 aromatic heterocycles. The molecule has 1 aliphatic heterocycles. The minimum Gasteiger partial charge on any atom is -0.427 e. The monoisotopic (exact) mass is 345 g/mol. The smallest absolute Gasteiger partial charge is 0.311 e. The zero-order valence-corrected chi connectivity index (χ0v) is 14.1. The normalized spacial score (nSPS) is 19.8. The maximum absolute atomic E-state index is 11.9. The van der Waals surface area contributed by atoms with E-state index < -0.39 is 0 Å². The average molecular weight is 345 g/mol. The number of esters is 1. The number of amides is 2. The van der Waals surface area contributed by atoms with Crippen molar-refractivity contribution in [2.45, 2.75) is 38.5 Å². The molecular weight excluding hydrogens is 326 g/mol. The Bertz CT molecular complexity index is 675. The van der Waals surface area contributed by atoms with Crippen molar-refractivity contribution in [2.24, 2.45) is 5.92 Å². The van der Waals surface area contributed by atoms with Gasteiger partial charge in [-0.1, -0.05) is 37.8 Å². The lowest BCUT2D eigenvalue weighted by Gasteiger charge is -2.08. The van der Waals surface area contributed by atoms with Crippen LogP contribution in [0.4, 0.5) is 4.79 Å². The molecular formula is C18H19NO4S. The van der Waals surface area contributed by atoms with Gasteiger partial charge in [0.25, 0.3) is 11.1 Å². The van der Waals surface area contributed by atoms with Gasteiger partial charge in [-0.3, -0.25) is 19.7 Å². The second-order valence-electron chi connectivity index (χ2n) is 6.08. The first-order valence-corrected chi connectivity index (χ1v) is 8.97. The lowest BCUT2D eigenvalue weighted by atomic mass is 10.0. The molecule has 3 rings (SSSR count). The zero-order valence-electron chi connectivity index (χ0n) is 13.2. The summed E-state index contributed by atoms with van der Waals surface area (Å²) < 4.78 is 5.34. The molecule has 1 N–H and O–H groups in total. The van der Waals surface area contributed by atoms with Gasteiger partial charge < -0.3 is 4.74 Å². The Kier molecular flexibility index (Phi) is 5.35. The summed E-state index contributed by atoms with van der Waals surface area (Å²) in [5.41, 5.74) is 0.771. The second kappa shape index (κ2) is 7.66. The summed E-state index contributed by atoms with van der Waals surface area (Å²) in [5, 5.41) is 1.85. The van der Waals surface area contributed by atoms with Crippen LogP contribution in [0.5, 0.6) is 5.75 Å². The second-order valence-corrected chi connectivity index (χ2v) is 7.10. The number of hydrogen-bond acceptors (Lipinski definition) is 5. The van der Waals surface area contributed by atoms with Crippen LogP contribution in [0.2, 0.25) is 0 Å². The lowest BCUT2D eigenvalue weighted by molar-refractivity contribution is -0.134. The van der Waals surface area contributed by atoms with Crippen LogP contribution < -0.4 is 10.1 Å². The number of hydrogen-bond donors (Lipinski definition) is 1. The number of benzene rings is 1. The summed E-state index contributed by atoms with van der Waals surface area (Å²) >= 11 is 0.878. The molecule has 5 nitrogen and oxygen atoms in total. The van der Waals surface area contributed by atoms with E-state index >= 15 is 0 Å². The zero-order chi connectivity index (χ0) is 16.9. The summed E-state index contributed by atoms with van der Waals surface area (Å²) in [7, 11) is 0. The Morgan fingerprint density at radius 3 is 2.54 bits per heavy atom. The van der Waals surface area contributed by atoms with Crippen molar-refractivity contribution in [3.8, 4) is 5.75 Å². The van der Waals surface area contributed by atoms with Crippen molar-refractivity contribution < 1.29 is 19.1 Å². The first kappa shape index (κ1) is 16.8. The molecule has 1 aromatic rings. The topological polar surface area (TPSA) is 72.5 Å². The molecule has 0 spiro atoms. The minimum absolute atomic E-state index is 0.204. The Hall–Kier alpha value is -2.08. The standard InChI is InChI=1S/C18H19NO4S/c20-16(10-7-12-3-1-2-4-12)23-14-8-5-13(6-9-14)11-15-17(21)19-18(22)24-15/h5-6,8-9,11-12H,1-4,7,10H2,(H,19,21,22). The summed E-state index contributed by atoms with van der Waals surface area (Å²) in [6.07, 6.45) is 8.00. The third kappa shape index (κ3) is 4.47. The molecule has 2 fully saturated rings. The third-order valence-corrected chi connectivity index (χ3v) is 5.09. The molecule has 0 atom stereocenters. The number of nitrogens with one attached hydrogen (secondary N) is 1. The number of thioether (sulfide) groups is 1. The SMILES string of the molecule is O=C(CCC1CCCC1)Oc1ccc(C=C2SC(=O)NC2=O)cc1. The summed E-state index contributed by atoms with van der Waals surface area (Å²) in [4.78, 5) is 34.9. The molecule has 24 heavy (non-hydrogen) atoms. The van der Waals surface area contributed by atoms with Crippen LogP contribution in [-0.2, 0) is 9.59 Å². The van der Waals surface area contributed by atoms with E-state index in [-0.39, 0.29) is 17.1 Å². The van der Waals surface area contributed by atoms with Crippen LogP contribution in [0, 0.1) is 5.92 Å². The maximum Gasteiger partial charge on any atom is 0.311 e. The van der Waals surface area contributed by atoms with Gasteiger partial charge in [0.05, 0.1) is 4.91 Å². The molecule has 2 amide bonds. The van der Waals surface area contributed by atoms with Crippen LogP contribution in [0.15, 0.2) is 29.2 Å². The van der Waals surface area contributed by atoms with Crippen LogP contribution in [0.3, 0.4) is 0 Å². The first-order valence-electron chi connectivity index (χ1n) is 8.16. The van der Waals surface area contributed by atoms with Crippen molar-refractivity contribution in [2.75, 3.05) is 0 Å². The molecule has 1 heterocycles. The highest BCUT2D eigenvalue weighted by Crippen LogP contribution is 2.29. The average Bonchev–Trinajstić information content (AvgIpc) is 3.17. The Morgan fingerprint density at radius 2 is 1.92 bits per heavy atom. The Labute approximate surface area is 144 Å². The van der Waals surface area contributed by atoms with Gasteiger partial charge in [-0.25, -0.2) is 0 Å². The highest BCUT2D eigenvalue weighted by Gasteiger charge is 2.24. The van der Waals surface area contributed by atoms with Gasteiger partial charge in [0, 0.05) is 6.42 Å². The predicted octanol–water partition coefficient (Wildman–Crippen LogP) is 3.89. The van der Waals surface area contributed by atoms with E-state index in [4.69, 9.17) is 4.74 Å². The largest absolute Gasteiger partial charge is 0.427 e. The van der Waals surface area contributed by atoms with E-state index in [9.17, 15) is 14.4 Å². The van der Waals surface area contributed by atoms with Gasteiger partial charge in [0.15, 0.2) is 0 Å². The van der Waals surface area contributed by atoms with E-state index in [0.29, 0.717) is 23.0 Å². The lowest BCUT2D eigenvalue weighted by Crippen LogP contribution is -2.17. The molecule has 126 valence electrons. The minimum atomic E-state index is -0.382. The summed E-state index contributed by atoms with van der Waals surface area (Å²) in [5.74, 6) is 0.578. The van der Waals surface area contributed by atoms with E-state index in [0.717, 1.165) is 23.7 Å². The van der Waals surface area contributed by atoms with Gasteiger partial charge in [-0.05, 0) is 47.9 Å². The molecule has 0 bridgehead atoms. The van der Waals surface area contributed by atoms with Crippen LogP contribution in [0.25, 0.3) is 6.08 Å². The van der Waals surface area contributed by atoms with Crippen molar-refractivity contribution >= 4 is 35.0 Å². The van der Waals surface area contributed by atoms with E-state index in [1.807, 2.05) is 0 Å². The van der Waals surface area contributed by atoms with E-state index in [1.165, 1.54) is 25.7 Å². The Balaban J connectivity index is 1.52. The van der Waals surface area contributed by atoms with Crippen LogP contribution in [-0.4, -0.2) is 17.1 Å². The fraction of sp³-hybridized carbons (Fsp3) is 0.389. The van der Waals surface area contributed by atoms with Gasteiger partial charge in [0.2, 0.25) is 0 Å². The number of carbonyl (C=O) groups excluding carboxylic acids is 3. The summed E-state index contributed by atoms with van der Waals surface area (Å²) in [6.45, 7) is 0. The first-order chi connectivity index (χ1) is 11.6. The van der Waals surface area contributed by atoms with Crippen molar-refractivity contribution in [3.63, 3.8) is 0 Å². The van der Waals surface area contributed by atoms with Gasteiger partial charge >= 0.3 is 5.97 Å². The molecule has 6 heteroatoms. The maximum atomic E-state index is 11.9. The number of rotatable bonds is 5. The molecule has 0 radical (unpaired) electrons. The molecule has 1 saturated carbocycles. The number of ether oxygens (including phenoxy) is 1. The molecule has 0 unspecified atom stereocenters. The van der Waals surface area contributed by atoms with E-state index in [2.05, 4.69) is 5.32 Å². The predicted molar refractivity (Wildman–Crippen MR) is 92.4 cm³/mol. The van der Waals surface area contributed by atoms with E-state index in [1.54, 1.807) is 30.3 Å². The van der Waals surface area contributed by atoms with Crippen molar-refractivity contribution in [3.05, 3.63) is 34.7 Å². The number of carbonyl (C=O) groups is 3. The summed E-state index contributed by atoms with van der Waals surface area (Å²) in [6, 6.07) is 6.89. The number of imide groups is 1. The highest BCUT2D eigenvalue weighted by molar-refractivity contribution is 8.18. The Morgan fingerprint density at radius 1 is 1.21 bits per heavy atom. The fourth-order valence-corrected chi connectivity index (χ4v) is 3.69. The van der Waals surface area contributed by atoms with Gasteiger partial charge in [-0.15, -0.1) is 0 Å². The quantitative estimate of drug-likeness (QED) is 0.498. The third-order valence-electron chi connectivity index (χ3n) is 4.28. The van der Waals surface area contributed by atoms with Crippen molar-refractivity contribution in [1.29, 1.82) is 0 Å². The molecule has 2 aliphatic rings. The van der Waals surface area contributed by atoms with Gasteiger partial charge in [0.1, 0.15) is 5.75 Å². The molecule has 1 aromatic carbocycles. The molecule has 1 saturated heterocycles. The van der Waals surface area contributed by atoms with Gasteiger partial charge in [-0.2, -0.15) is 0 Å². The van der Waals surface area contributed by atoms with Crippen LogP contribution in [0.1, 0.15) is 44.1 Å². The van der Waals surface area contributed by atoms with Crippen molar-refractivity contribution in [1.82, 2.24) is 5.32 Å².